The number of benzene rings is 1. The largest absolute Gasteiger partial charge is 0.321 e. The monoisotopic (exact) mass is 389 g/mol. The molecule has 3 heterocycles. The summed E-state index contributed by atoms with van der Waals surface area (Å²) < 4.78 is 1.63. The molecule has 0 unspecified atom stereocenters. The molecule has 2 N–H and O–H groups in total. The van der Waals surface area contributed by atoms with Gasteiger partial charge >= 0.3 is 0 Å². The smallest absolute Gasteiger partial charge is 0.265 e. The molecule has 138 valence electrons. The molecule has 0 saturated heterocycles. The fourth-order valence-corrected chi connectivity index (χ4v) is 3.13. The molecular formula is C20H15N5O2S. The van der Waals surface area contributed by atoms with Crippen molar-refractivity contribution in [2.24, 2.45) is 0 Å². The van der Waals surface area contributed by atoms with Gasteiger partial charge in [0.05, 0.1) is 16.8 Å². The van der Waals surface area contributed by atoms with Crippen LogP contribution in [0.5, 0.6) is 0 Å². The Hall–Kier alpha value is -3.78. The lowest BCUT2D eigenvalue weighted by Crippen LogP contribution is -2.13. The molecule has 3 aromatic heterocycles. The number of anilines is 2. The Labute approximate surface area is 164 Å². The summed E-state index contributed by atoms with van der Waals surface area (Å²) in [7, 11) is 0. The number of pyridine rings is 1. The van der Waals surface area contributed by atoms with Crippen LogP contribution in [-0.4, -0.2) is 26.6 Å². The maximum absolute atomic E-state index is 12.4. The van der Waals surface area contributed by atoms with Crippen LogP contribution in [0.25, 0.3) is 5.82 Å². The predicted octanol–water partition coefficient (Wildman–Crippen LogP) is 3.83. The van der Waals surface area contributed by atoms with E-state index in [4.69, 9.17) is 0 Å². The van der Waals surface area contributed by atoms with Crippen LogP contribution in [0.3, 0.4) is 0 Å². The molecule has 0 saturated carbocycles. The number of thiophene rings is 1. The number of amides is 2. The van der Waals surface area contributed by atoms with Gasteiger partial charge in [0.1, 0.15) is 0 Å². The summed E-state index contributed by atoms with van der Waals surface area (Å²) in [4.78, 5) is 29.4. The van der Waals surface area contributed by atoms with Gasteiger partial charge in [-0.2, -0.15) is 5.10 Å². The average Bonchev–Trinajstić information content (AvgIpc) is 3.43. The molecule has 0 fully saturated rings. The fraction of sp³-hybridized carbons (Fsp3) is 0. The summed E-state index contributed by atoms with van der Waals surface area (Å²) in [6.07, 6.45) is 5.04. The Morgan fingerprint density at radius 3 is 2.32 bits per heavy atom. The minimum absolute atomic E-state index is 0.171. The number of rotatable bonds is 5. The Kier molecular flexibility index (Phi) is 4.94. The second-order valence-corrected chi connectivity index (χ2v) is 6.77. The minimum Gasteiger partial charge on any atom is -0.321 e. The lowest BCUT2D eigenvalue weighted by Gasteiger charge is -2.08. The quantitative estimate of drug-likeness (QED) is 0.543. The fourth-order valence-electron chi connectivity index (χ4n) is 2.51. The highest BCUT2D eigenvalue weighted by atomic mass is 32.1. The Morgan fingerprint density at radius 2 is 1.68 bits per heavy atom. The summed E-state index contributed by atoms with van der Waals surface area (Å²) in [6.45, 7) is 0. The van der Waals surface area contributed by atoms with Gasteiger partial charge in [0, 0.05) is 23.6 Å². The van der Waals surface area contributed by atoms with Gasteiger partial charge in [0.25, 0.3) is 11.8 Å². The lowest BCUT2D eigenvalue weighted by molar-refractivity contribution is 0.102. The van der Waals surface area contributed by atoms with Gasteiger partial charge in [-0.15, -0.1) is 11.3 Å². The van der Waals surface area contributed by atoms with Crippen molar-refractivity contribution in [3.63, 3.8) is 0 Å². The maximum Gasteiger partial charge on any atom is 0.265 e. The molecule has 28 heavy (non-hydrogen) atoms. The molecule has 2 amide bonds. The molecule has 0 bridgehead atoms. The van der Waals surface area contributed by atoms with Crippen LogP contribution in [-0.2, 0) is 0 Å². The molecule has 1 aromatic carbocycles. The van der Waals surface area contributed by atoms with Gasteiger partial charge in [-0.05, 0) is 53.9 Å². The molecule has 0 aliphatic rings. The predicted molar refractivity (Wildman–Crippen MR) is 108 cm³/mol. The highest BCUT2D eigenvalue weighted by molar-refractivity contribution is 7.12. The van der Waals surface area contributed by atoms with Gasteiger partial charge in [-0.25, -0.2) is 9.67 Å². The van der Waals surface area contributed by atoms with Gasteiger partial charge < -0.3 is 10.6 Å². The van der Waals surface area contributed by atoms with Crippen molar-refractivity contribution in [3.05, 3.63) is 89.0 Å². The Balaban J connectivity index is 1.39. The van der Waals surface area contributed by atoms with E-state index in [0.717, 1.165) is 0 Å². The summed E-state index contributed by atoms with van der Waals surface area (Å²) in [5.41, 5.74) is 1.68. The van der Waals surface area contributed by atoms with Crippen molar-refractivity contribution in [2.45, 2.75) is 0 Å². The topological polar surface area (TPSA) is 88.9 Å². The number of hydrogen-bond acceptors (Lipinski definition) is 5. The Morgan fingerprint density at radius 1 is 0.893 bits per heavy atom. The van der Waals surface area contributed by atoms with Gasteiger partial charge in [0.2, 0.25) is 0 Å². The van der Waals surface area contributed by atoms with Crippen LogP contribution in [0.4, 0.5) is 11.4 Å². The SMILES string of the molecule is O=C(Nc1ccc(-n2cccn2)nc1)c1ccc(NC(=O)c2cccs2)cc1. The number of nitrogens with zero attached hydrogens (tertiary/aromatic N) is 3. The van der Waals surface area contributed by atoms with Crippen molar-refractivity contribution < 1.29 is 9.59 Å². The van der Waals surface area contributed by atoms with Crippen LogP contribution >= 0.6 is 11.3 Å². The highest BCUT2D eigenvalue weighted by Gasteiger charge is 2.09. The third-order valence-corrected chi connectivity index (χ3v) is 4.76. The van der Waals surface area contributed by atoms with Crippen LogP contribution < -0.4 is 10.6 Å². The third-order valence-electron chi connectivity index (χ3n) is 3.89. The van der Waals surface area contributed by atoms with E-state index in [1.165, 1.54) is 11.3 Å². The summed E-state index contributed by atoms with van der Waals surface area (Å²) >= 11 is 1.37. The van der Waals surface area contributed by atoms with Crippen molar-refractivity contribution in [1.82, 2.24) is 14.8 Å². The maximum atomic E-state index is 12.4. The molecule has 0 aliphatic carbocycles. The molecule has 8 heteroatoms. The molecule has 0 aliphatic heterocycles. The normalized spacial score (nSPS) is 10.4. The van der Waals surface area contributed by atoms with Crippen molar-refractivity contribution in [2.75, 3.05) is 10.6 Å². The molecular weight excluding hydrogens is 374 g/mol. The summed E-state index contributed by atoms with van der Waals surface area (Å²) in [5, 5.41) is 11.6. The van der Waals surface area contributed by atoms with Crippen LogP contribution in [0.2, 0.25) is 0 Å². The van der Waals surface area contributed by atoms with Crippen LogP contribution in [0.1, 0.15) is 20.0 Å². The zero-order valence-electron chi connectivity index (χ0n) is 14.6. The number of hydrogen-bond donors (Lipinski definition) is 2. The van der Waals surface area contributed by atoms with Gasteiger partial charge in [0.15, 0.2) is 5.82 Å². The van der Waals surface area contributed by atoms with E-state index in [2.05, 4.69) is 20.7 Å². The number of carbonyl (C=O) groups excluding carboxylic acids is 2. The second-order valence-electron chi connectivity index (χ2n) is 5.82. The molecule has 7 nitrogen and oxygen atoms in total. The first-order valence-electron chi connectivity index (χ1n) is 8.41. The summed E-state index contributed by atoms with van der Waals surface area (Å²) in [6, 6.07) is 15.6. The van der Waals surface area contributed by atoms with Crippen LogP contribution in [0, 0.1) is 0 Å². The zero-order valence-corrected chi connectivity index (χ0v) is 15.4. The molecule has 0 radical (unpaired) electrons. The van der Waals surface area contributed by atoms with Crippen molar-refractivity contribution >= 4 is 34.5 Å². The summed E-state index contributed by atoms with van der Waals surface area (Å²) in [5.74, 6) is 0.231. The van der Waals surface area contributed by atoms with Crippen LogP contribution in [0.15, 0.2) is 78.6 Å². The van der Waals surface area contributed by atoms with E-state index in [1.54, 1.807) is 65.7 Å². The molecule has 0 spiro atoms. The molecule has 4 aromatic rings. The van der Waals surface area contributed by atoms with E-state index < -0.39 is 0 Å². The van der Waals surface area contributed by atoms with Crippen molar-refractivity contribution in [1.29, 1.82) is 0 Å². The third kappa shape index (κ3) is 3.97. The standard InChI is InChI=1S/C20H15N5O2S/c26-19(24-16-8-9-18(21-13-16)25-11-2-10-22-25)14-4-6-15(7-5-14)23-20(27)17-3-1-12-28-17/h1-13H,(H,23,27)(H,24,26). The first-order chi connectivity index (χ1) is 13.7. The zero-order chi connectivity index (χ0) is 19.3. The van der Waals surface area contributed by atoms with Gasteiger partial charge in [-0.3, -0.25) is 9.59 Å². The van der Waals surface area contributed by atoms with E-state index in [0.29, 0.717) is 27.6 Å². The lowest BCUT2D eigenvalue weighted by atomic mass is 10.2. The van der Waals surface area contributed by atoms with E-state index in [9.17, 15) is 9.59 Å². The average molecular weight is 389 g/mol. The first-order valence-corrected chi connectivity index (χ1v) is 9.29. The first kappa shape index (κ1) is 17.6. The molecule has 0 atom stereocenters. The minimum atomic E-state index is -0.259. The Bertz CT molecular complexity index is 1070. The van der Waals surface area contributed by atoms with E-state index in [-0.39, 0.29) is 11.8 Å². The number of nitrogens with one attached hydrogen (secondary N) is 2. The molecule has 4 rings (SSSR count). The van der Waals surface area contributed by atoms with E-state index in [1.807, 2.05) is 17.5 Å². The van der Waals surface area contributed by atoms with Gasteiger partial charge in [-0.1, -0.05) is 6.07 Å². The number of carbonyl (C=O) groups is 2. The second kappa shape index (κ2) is 7.85. The van der Waals surface area contributed by atoms with Crippen molar-refractivity contribution in [3.8, 4) is 5.82 Å². The number of aromatic nitrogens is 3. The highest BCUT2D eigenvalue weighted by Crippen LogP contribution is 2.16. The van der Waals surface area contributed by atoms with E-state index >= 15 is 0 Å².